The Morgan fingerprint density at radius 3 is 1.07 bits per heavy atom. The average Bonchev–Trinajstić information content (AvgIpc) is 3.81. The Kier molecular flexibility index (Phi) is 16.3. The normalized spacial score (nSPS) is 12.3. The van der Waals surface area contributed by atoms with E-state index in [-0.39, 0.29) is 22.7 Å². The van der Waals surface area contributed by atoms with E-state index in [1.165, 1.54) is 28.4 Å². The molecule has 0 saturated heterocycles. The number of halogens is 6. The first kappa shape index (κ1) is 52.6. The van der Waals surface area contributed by atoms with Crippen LogP contribution in [-0.2, 0) is 22.7 Å². The van der Waals surface area contributed by atoms with Crippen molar-refractivity contribution < 1.29 is 74.7 Å². The molecule has 0 radical (unpaired) electrons. The third kappa shape index (κ3) is 10.9. The van der Waals surface area contributed by atoms with Crippen molar-refractivity contribution in [3.8, 4) is 45.5 Å². The molecule has 6 aromatic rings. The van der Waals surface area contributed by atoms with Gasteiger partial charge in [0.15, 0.2) is 34.6 Å². The van der Waals surface area contributed by atoms with Gasteiger partial charge >= 0.3 is 24.3 Å². The molecule has 2 aromatic heterocycles. The van der Waals surface area contributed by atoms with Crippen LogP contribution in [0.4, 0.5) is 26.3 Å². The molecule has 22 heteroatoms. The second-order valence-electron chi connectivity index (χ2n) is 15.8. The van der Waals surface area contributed by atoms with Crippen LogP contribution in [0.5, 0.6) is 23.0 Å². The molecular weight excluding hydrogens is 951 g/mol. The van der Waals surface area contributed by atoms with Gasteiger partial charge in [0.2, 0.25) is 0 Å². The second-order valence-corrected chi connectivity index (χ2v) is 15.8. The first-order valence-electron chi connectivity index (χ1n) is 21.7. The van der Waals surface area contributed by atoms with E-state index >= 15 is 0 Å². The molecule has 0 atom stereocenters. The summed E-state index contributed by atoms with van der Waals surface area (Å²) in [6, 6.07) is 21.6. The monoisotopic (exact) mass is 996 g/mol. The van der Waals surface area contributed by atoms with Crippen molar-refractivity contribution >= 4 is 45.0 Å². The fourth-order valence-corrected chi connectivity index (χ4v) is 8.35. The smallest absolute Gasteiger partial charge is 0.490 e. The molecule has 71 heavy (non-hydrogen) atoms. The van der Waals surface area contributed by atoms with E-state index in [0.717, 1.165) is 30.6 Å². The van der Waals surface area contributed by atoms with Crippen LogP contribution >= 0.6 is 0 Å². The zero-order chi connectivity index (χ0) is 51.9. The van der Waals surface area contributed by atoms with E-state index < -0.39 is 24.3 Å². The highest BCUT2D eigenvalue weighted by Crippen LogP contribution is 2.44. The maximum Gasteiger partial charge on any atom is 0.490 e. The fourth-order valence-electron chi connectivity index (χ4n) is 8.35. The zero-order valence-corrected chi connectivity index (χ0v) is 38.4. The zero-order valence-electron chi connectivity index (χ0n) is 38.4. The van der Waals surface area contributed by atoms with Gasteiger partial charge in [-0.1, -0.05) is 48.5 Å². The van der Waals surface area contributed by atoms with E-state index in [2.05, 4.69) is 10.6 Å². The number of fused-ring (bicyclic) bond motifs is 10. The van der Waals surface area contributed by atoms with Gasteiger partial charge in [0.25, 0.3) is 11.1 Å². The predicted octanol–water partition coefficient (Wildman–Crippen LogP) is 7.09. The van der Waals surface area contributed by atoms with Crippen LogP contribution in [0.3, 0.4) is 0 Å². The Morgan fingerprint density at radius 1 is 0.493 bits per heavy atom. The van der Waals surface area contributed by atoms with Crippen LogP contribution in [0.25, 0.3) is 44.1 Å². The lowest BCUT2D eigenvalue weighted by atomic mass is 10.0. The molecule has 4 N–H and O–H groups in total. The number of aromatic nitrogens is 2. The molecule has 4 aromatic carbocycles. The number of nitrogens with zero attached hydrogens (tertiary/aromatic N) is 2. The highest BCUT2D eigenvalue weighted by molar-refractivity contribution is 6.28. The van der Waals surface area contributed by atoms with Crippen LogP contribution in [0, 0.1) is 0 Å². The summed E-state index contributed by atoms with van der Waals surface area (Å²) < 4.78 is 88.9. The molecule has 16 nitrogen and oxygen atoms in total. The van der Waals surface area contributed by atoms with Crippen LogP contribution in [-0.4, -0.2) is 110 Å². The first-order valence-corrected chi connectivity index (χ1v) is 21.7. The number of rotatable bonds is 16. The molecule has 0 amide bonds. The number of benzene rings is 4. The Morgan fingerprint density at radius 2 is 0.775 bits per heavy atom. The third-order valence-electron chi connectivity index (χ3n) is 11.5. The summed E-state index contributed by atoms with van der Waals surface area (Å²) in [6.07, 6.45) is -7.92. The summed E-state index contributed by atoms with van der Waals surface area (Å²) in [6.45, 7) is 3.80. The number of carboxylic acids is 2. The van der Waals surface area contributed by atoms with Gasteiger partial charge in [-0.3, -0.25) is 19.2 Å². The molecule has 0 aliphatic heterocycles. The van der Waals surface area contributed by atoms with Gasteiger partial charge in [0.05, 0.1) is 61.7 Å². The summed E-state index contributed by atoms with van der Waals surface area (Å²) >= 11 is 0. The van der Waals surface area contributed by atoms with Gasteiger partial charge in [-0.15, -0.1) is 0 Å². The Balaban J connectivity index is 0.000000517. The van der Waals surface area contributed by atoms with Gasteiger partial charge in [-0.25, -0.2) is 9.59 Å². The number of pyridine rings is 2. The standard InChI is InChI=1S/C45H44N4O8.2C2HF3O2/c1-54-34-22-30-32(24-36(34)56-3)44(52)48(40-26-12-5-7-14-28(26)42(50)38(30)40)20-10-18-46-16-9-17-47-19-11-21-49-41-27-13-6-8-15-29(27)43(51)39(41)31-23-35(55-2)37(57-4)25-33(31)45(49)53;2*3-2(4,5)1(6)7/h5-8,12-15,22-25,46-47H,9-11,16-21H2,1-4H3;2*(H,6,7). The Hall–Kier alpha value is -7.72. The molecule has 8 rings (SSSR count). The molecule has 0 unspecified atom stereocenters. The van der Waals surface area contributed by atoms with Crippen molar-refractivity contribution in [3.63, 3.8) is 0 Å². The molecule has 2 heterocycles. The molecule has 376 valence electrons. The number of hydrogen-bond donors (Lipinski definition) is 4. The third-order valence-corrected chi connectivity index (χ3v) is 11.5. The molecule has 0 fully saturated rings. The molecule has 2 aliphatic rings. The number of aliphatic carboxylic acids is 2. The van der Waals surface area contributed by atoms with E-state index in [9.17, 15) is 45.5 Å². The van der Waals surface area contributed by atoms with E-state index in [1.54, 1.807) is 45.5 Å². The van der Waals surface area contributed by atoms with Crippen LogP contribution in [0.2, 0.25) is 0 Å². The van der Waals surface area contributed by atoms with Gasteiger partial charge in [0.1, 0.15) is 0 Å². The van der Waals surface area contributed by atoms with Gasteiger partial charge in [-0.05, 0) is 69.7 Å². The highest BCUT2D eigenvalue weighted by Gasteiger charge is 2.39. The summed E-state index contributed by atoms with van der Waals surface area (Å²) in [4.78, 5) is 73.2. The van der Waals surface area contributed by atoms with Crippen molar-refractivity contribution in [1.82, 2.24) is 19.8 Å². The summed E-state index contributed by atoms with van der Waals surface area (Å²) in [7, 11) is 6.12. The number of methoxy groups -OCH3 is 4. The minimum absolute atomic E-state index is 0.104. The molecule has 0 saturated carbocycles. The lowest BCUT2D eigenvalue weighted by Gasteiger charge is -2.17. The lowest BCUT2D eigenvalue weighted by molar-refractivity contribution is -0.193. The number of alkyl halides is 6. The maximum atomic E-state index is 14.0. The Bertz CT molecular complexity index is 2960. The number of ether oxygens (including phenoxy) is 4. The Labute approximate surface area is 399 Å². The summed E-state index contributed by atoms with van der Waals surface area (Å²) in [5.74, 6) is -3.94. The van der Waals surface area contributed by atoms with Gasteiger partial charge < -0.3 is 48.9 Å². The quantitative estimate of drug-likeness (QED) is 0.0562. The van der Waals surface area contributed by atoms with E-state index in [1.807, 2.05) is 36.4 Å². The van der Waals surface area contributed by atoms with Crippen LogP contribution in [0.1, 0.15) is 51.1 Å². The van der Waals surface area contributed by atoms with Gasteiger partial charge in [-0.2, -0.15) is 26.3 Å². The van der Waals surface area contributed by atoms with Gasteiger partial charge in [0, 0.05) is 46.1 Å². The fraction of sp³-hybridized carbons (Fsp3) is 0.306. The first-order chi connectivity index (χ1) is 33.7. The van der Waals surface area contributed by atoms with Crippen molar-refractivity contribution in [1.29, 1.82) is 0 Å². The van der Waals surface area contributed by atoms with Crippen molar-refractivity contribution in [2.75, 3.05) is 54.6 Å². The number of ketones is 2. The number of carbonyl (C=O) groups excluding carboxylic acids is 2. The largest absolute Gasteiger partial charge is 0.493 e. The van der Waals surface area contributed by atoms with Crippen LogP contribution < -0.4 is 40.7 Å². The molecule has 0 spiro atoms. The maximum absolute atomic E-state index is 14.0. The minimum atomic E-state index is -5.08. The number of carbonyl (C=O) groups is 4. The number of hydrogen-bond acceptors (Lipinski definition) is 12. The average molecular weight is 997 g/mol. The van der Waals surface area contributed by atoms with Crippen LogP contribution in [0.15, 0.2) is 82.4 Å². The lowest BCUT2D eigenvalue weighted by Crippen LogP contribution is -2.28. The predicted molar refractivity (Wildman–Crippen MR) is 247 cm³/mol. The number of nitrogens with one attached hydrogen (secondary N) is 2. The molecular formula is C49H46F6N4O12. The van der Waals surface area contributed by atoms with E-state index in [0.29, 0.717) is 117 Å². The van der Waals surface area contributed by atoms with E-state index in [4.69, 9.17) is 38.7 Å². The number of carboxylic acid groups (broad SMARTS) is 2. The van der Waals surface area contributed by atoms with Crippen molar-refractivity contribution in [3.05, 3.63) is 116 Å². The minimum Gasteiger partial charge on any atom is -0.493 e. The highest BCUT2D eigenvalue weighted by atomic mass is 19.4. The summed E-state index contributed by atoms with van der Waals surface area (Å²) in [5.41, 5.74) is 4.67. The van der Waals surface area contributed by atoms with Crippen molar-refractivity contribution in [2.24, 2.45) is 0 Å². The second kappa shape index (κ2) is 21.9. The topological polar surface area (TPSA) is 214 Å². The molecule has 0 bridgehead atoms. The molecule has 2 aliphatic carbocycles. The summed E-state index contributed by atoms with van der Waals surface area (Å²) in [5, 5.41) is 23.2. The SMILES string of the molecule is COc1cc2c3c(n(CCCNCCCNCCCn4c5c(c6cc(OC)c(OC)cc6c4=O)C(=O)c4ccccc4-5)c(=O)c2cc1OC)-c1ccccc1C3=O.O=C(O)C(F)(F)F.O=C(O)C(F)(F)F. The van der Waals surface area contributed by atoms with Crippen molar-refractivity contribution in [2.45, 2.75) is 44.7 Å².